The number of carbonyl (C=O) groups is 1. The van der Waals surface area contributed by atoms with Gasteiger partial charge in [-0.1, -0.05) is 5.21 Å². The van der Waals surface area contributed by atoms with Gasteiger partial charge in [0.05, 0.1) is 24.5 Å². The van der Waals surface area contributed by atoms with Gasteiger partial charge >= 0.3 is 0 Å². The van der Waals surface area contributed by atoms with Crippen molar-refractivity contribution in [2.24, 2.45) is 0 Å². The summed E-state index contributed by atoms with van der Waals surface area (Å²) < 4.78 is 31.5. The number of benzene rings is 2. The van der Waals surface area contributed by atoms with Crippen molar-refractivity contribution < 1.29 is 23.1 Å². The van der Waals surface area contributed by atoms with Crippen LogP contribution in [0.5, 0.6) is 5.75 Å². The van der Waals surface area contributed by atoms with E-state index in [4.69, 9.17) is 13.9 Å². The number of ether oxygens (including phenoxy) is 2. The molecule has 0 radical (unpaired) electrons. The topological polar surface area (TPSA) is 118 Å². The smallest absolute Gasteiger partial charge is 0.255 e. The monoisotopic (exact) mass is 466 g/mol. The molecule has 1 saturated heterocycles. The number of morpholine rings is 1. The number of nitrogens with zero attached hydrogens (tertiary/aromatic N) is 4. The predicted molar refractivity (Wildman–Crippen MR) is 121 cm³/mol. The fraction of sp³-hybridized carbons (Fsp3) is 0.304. The van der Waals surface area contributed by atoms with Gasteiger partial charge in [0.2, 0.25) is 5.82 Å². The number of tetrazole rings is 1. The molecule has 1 atom stereocenters. The number of nitrogens with one attached hydrogen (secondary N) is 2. The molecule has 1 aliphatic rings. The number of aromatic nitrogens is 4. The number of halogens is 1. The standard InChI is InChI=1S/C23H23FN6O4/c1-13(22-26-28-29-27-22)33-19-11-16-18(12-17(19)30-7-9-32-10-8-30)34-21(20(16)23(31)25-2)14-3-5-15(24)6-4-14/h3-6,11-13H,7-10H2,1-2H3,(H,25,31)(H,26,27,28,29). The van der Waals surface area contributed by atoms with E-state index in [1.165, 1.54) is 12.1 Å². The summed E-state index contributed by atoms with van der Waals surface area (Å²) in [4.78, 5) is 15.1. The fourth-order valence-electron chi connectivity index (χ4n) is 4.00. The average molecular weight is 466 g/mol. The summed E-state index contributed by atoms with van der Waals surface area (Å²) in [6.07, 6.45) is -0.497. The zero-order valence-corrected chi connectivity index (χ0v) is 18.7. The Bertz CT molecular complexity index is 1300. The molecule has 0 saturated carbocycles. The third-order valence-electron chi connectivity index (χ3n) is 5.71. The van der Waals surface area contributed by atoms with Crippen molar-refractivity contribution in [3.8, 4) is 17.1 Å². The number of furan rings is 1. The quantitative estimate of drug-likeness (QED) is 0.445. The zero-order chi connectivity index (χ0) is 23.7. The van der Waals surface area contributed by atoms with Crippen molar-refractivity contribution in [3.63, 3.8) is 0 Å². The van der Waals surface area contributed by atoms with E-state index in [1.54, 1.807) is 25.2 Å². The number of anilines is 1. The molecular weight excluding hydrogens is 443 g/mol. The van der Waals surface area contributed by atoms with Crippen LogP contribution in [-0.2, 0) is 4.74 Å². The number of hydrogen-bond acceptors (Lipinski definition) is 8. The minimum atomic E-state index is -0.497. The summed E-state index contributed by atoms with van der Waals surface area (Å²) >= 11 is 0. The maximum Gasteiger partial charge on any atom is 0.255 e. The number of fused-ring (bicyclic) bond motifs is 1. The Morgan fingerprint density at radius 3 is 2.68 bits per heavy atom. The van der Waals surface area contributed by atoms with Crippen molar-refractivity contribution >= 4 is 22.6 Å². The molecule has 2 aromatic carbocycles. The highest BCUT2D eigenvalue weighted by Gasteiger charge is 2.26. The maximum absolute atomic E-state index is 13.5. The molecule has 3 heterocycles. The Balaban J connectivity index is 1.68. The Hall–Kier alpha value is -3.99. The highest BCUT2D eigenvalue weighted by atomic mass is 19.1. The summed E-state index contributed by atoms with van der Waals surface area (Å²) in [6, 6.07) is 9.47. The van der Waals surface area contributed by atoms with Crippen LogP contribution in [0.2, 0.25) is 0 Å². The van der Waals surface area contributed by atoms with Crippen LogP contribution in [0.25, 0.3) is 22.3 Å². The van der Waals surface area contributed by atoms with Gasteiger partial charge in [-0.15, -0.1) is 10.2 Å². The first-order valence-corrected chi connectivity index (χ1v) is 10.9. The van der Waals surface area contributed by atoms with E-state index in [0.29, 0.717) is 65.7 Å². The first-order valence-electron chi connectivity index (χ1n) is 10.9. The van der Waals surface area contributed by atoms with E-state index in [-0.39, 0.29) is 11.7 Å². The molecule has 2 N–H and O–H groups in total. The van der Waals surface area contributed by atoms with Gasteiger partial charge in [0, 0.05) is 37.2 Å². The number of aromatic amines is 1. The zero-order valence-electron chi connectivity index (χ0n) is 18.7. The van der Waals surface area contributed by atoms with E-state index in [9.17, 15) is 9.18 Å². The van der Waals surface area contributed by atoms with Gasteiger partial charge in [0.1, 0.15) is 22.9 Å². The van der Waals surface area contributed by atoms with Crippen LogP contribution >= 0.6 is 0 Å². The maximum atomic E-state index is 13.5. The molecule has 10 nitrogen and oxygen atoms in total. The second kappa shape index (κ2) is 9.10. The van der Waals surface area contributed by atoms with Crippen LogP contribution in [-0.4, -0.2) is 59.9 Å². The van der Waals surface area contributed by atoms with Crippen molar-refractivity contribution in [1.82, 2.24) is 25.9 Å². The van der Waals surface area contributed by atoms with Gasteiger partial charge in [-0.05, 0) is 37.3 Å². The Morgan fingerprint density at radius 2 is 2.00 bits per heavy atom. The van der Waals surface area contributed by atoms with Crippen LogP contribution in [0.3, 0.4) is 0 Å². The predicted octanol–water partition coefficient (Wildman–Crippen LogP) is 3.09. The minimum Gasteiger partial charge on any atom is -0.480 e. The van der Waals surface area contributed by atoms with Gasteiger partial charge in [-0.3, -0.25) is 4.79 Å². The van der Waals surface area contributed by atoms with E-state index in [0.717, 1.165) is 5.69 Å². The van der Waals surface area contributed by atoms with Crippen molar-refractivity contribution in [2.45, 2.75) is 13.0 Å². The normalized spacial score (nSPS) is 14.9. The summed E-state index contributed by atoms with van der Waals surface area (Å²) in [5, 5.41) is 17.3. The van der Waals surface area contributed by atoms with Crippen LogP contribution in [0.1, 0.15) is 29.2 Å². The van der Waals surface area contributed by atoms with Crippen LogP contribution < -0.4 is 15.0 Å². The largest absolute Gasteiger partial charge is 0.480 e. The third kappa shape index (κ3) is 4.05. The summed E-state index contributed by atoms with van der Waals surface area (Å²) in [6.45, 7) is 4.33. The second-order valence-electron chi connectivity index (χ2n) is 7.84. The molecule has 0 bridgehead atoms. The van der Waals surface area contributed by atoms with E-state index in [2.05, 4.69) is 30.8 Å². The number of hydrogen-bond donors (Lipinski definition) is 2. The first-order chi connectivity index (χ1) is 16.5. The molecule has 1 amide bonds. The molecule has 11 heteroatoms. The highest BCUT2D eigenvalue weighted by Crippen LogP contribution is 2.41. The Labute approximate surface area is 194 Å². The third-order valence-corrected chi connectivity index (χ3v) is 5.71. The summed E-state index contributed by atoms with van der Waals surface area (Å²) in [5.74, 6) is 0.601. The number of rotatable bonds is 6. The van der Waals surface area contributed by atoms with Gasteiger partial charge in [-0.2, -0.15) is 5.21 Å². The molecule has 2 aromatic heterocycles. The lowest BCUT2D eigenvalue weighted by Gasteiger charge is -2.30. The Kier molecular flexibility index (Phi) is 5.84. The molecular formula is C23H23FN6O4. The number of carbonyl (C=O) groups excluding carboxylic acids is 1. The van der Waals surface area contributed by atoms with Crippen molar-refractivity contribution in [3.05, 3.63) is 53.6 Å². The molecule has 5 rings (SSSR count). The number of amides is 1. The minimum absolute atomic E-state index is 0.325. The average Bonchev–Trinajstić information content (AvgIpc) is 3.52. The lowest BCUT2D eigenvalue weighted by atomic mass is 10.0. The molecule has 1 fully saturated rings. The lowest BCUT2D eigenvalue weighted by Crippen LogP contribution is -2.36. The van der Waals surface area contributed by atoms with Crippen LogP contribution in [0.4, 0.5) is 10.1 Å². The summed E-state index contributed by atoms with van der Waals surface area (Å²) in [7, 11) is 1.55. The fourth-order valence-corrected chi connectivity index (χ4v) is 4.00. The SMILES string of the molecule is CNC(=O)c1c(-c2ccc(F)cc2)oc2cc(N3CCOCC3)c(OC(C)c3nn[nH]n3)cc12. The first kappa shape index (κ1) is 21.8. The number of H-pyrrole nitrogens is 1. The molecule has 34 heavy (non-hydrogen) atoms. The molecule has 0 aliphatic carbocycles. The molecule has 176 valence electrons. The molecule has 0 spiro atoms. The van der Waals surface area contributed by atoms with Gasteiger partial charge in [0.15, 0.2) is 6.10 Å². The van der Waals surface area contributed by atoms with E-state index >= 15 is 0 Å². The van der Waals surface area contributed by atoms with Crippen LogP contribution in [0.15, 0.2) is 40.8 Å². The lowest BCUT2D eigenvalue weighted by molar-refractivity contribution is 0.0964. The second-order valence-corrected chi connectivity index (χ2v) is 7.84. The van der Waals surface area contributed by atoms with E-state index < -0.39 is 6.10 Å². The van der Waals surface area contributed by atoms with Gasteiger partial charge in [-0.25, -0.2) is 4.39 Å². The van der Waals surface area contributed by atoms with Gasteiger partial charge in [0.25, 0.3) is 5.91 Å². The van der Waals surface area contributed by atoms with Crippen molar-refractivity contribution in [2.75, 3.05) is 38.3 Å². The molecule has 1 aliphatic heterocycles. The van der Waals surface area contributed by atoms with Crippen molar-refractivity contribution in [1.29, 1.82) is 0 Å². The Morgan fingerprint density at radius 1 is 1.24 bits per heavy atom. The van der Waals surface area contributed by atoms with E-state index in [1.807, 2.05) is 13.0 Å². The van der Waals surface area contributed by atoms with Gasteiger partial charge < -0.3 is 24.1 Å². The highest BCUT2D eigenvalue weighted by molar-refractivity contribution is 6.12. The molecule has 4 aromatic rings. The van der Waals surface area contributed by atoms with Crippen LogP contribution in [0, 0.1) is 5.82 Å². The molecule has 1 unspecified atom stereocenters. The summed E-state index contributed by atoms with van der Waals surface area (Å²) in [5.41, 5.74) is 2.24.